The van der Waals surface area contributed by atoms with Crippen molar-refractivity contribution in [3.8, 4) is 22.8 Å². The molecule has 1 amide bonds. The van der Waals surface area contributed by atoms with Crippen LogP contribution in [0.25, 0.3) is 11.3 Å². The zero-order valence-corrected chi connectivity index (χ0v) is 16.8. The topological polar surface area (TPSA) is 98.7 Å². The molecular formula is C23H25N3O4. The van der Waals surface area contributed by atoms with Gasteiger partial charge in [0.25, 0.3) is 5.91 Å². The van der Waals surface area contributed by atoms with Gasteiger partial charge in [-0.3, -0.25) is 9.89 Å². The molecule has 156 valence electrons. The number of amides is 1. The summed E-state index contributed by atoms with van der Waals surface area (Å²) in [5.74, 6) is 0.675. The molecule has 0 bridgehead atoms. The van der Waals surface area contributed by atoms with E-state index in [1.54, 1.807) is 23.1 Å². The lowest BCUT2D eigenvalue weighted by Gasteiger charge is -2.26. The van der Waals surface area contributed by atoms with E-state index in [1.807, 2.05) is 37.3 Å². The summed E-state index contributed by atoms with van der Waals surface area (Å²) in [4.78, 5) is 14.9. The molecule has 1 atom stereocenters. The maximum Gasteiger partial charge on any atom is 0.273 e. The third-order valence-electron chi connectivity index (χ3n) is 5.23. The Labute approximate surface area is 174 Å². The van der Waals surface area contributed by atoms with Crippen molar-refractivity contribution in [2.24, 2.45) is 0 Å². The largest absolute Gasteiger partial charge is 0.507 e. The van der Waals surface area contributed by atoms with E-state index in [0.717, 1.165) is 23.3 Å². The van der Waals surface area contributed by atoms with Crippen LogP contribution in [0.1, 0.15) is 47.4 Å². The standard InChI is InChI=1S/C23H25N3O4/c1-2-13-30-16-8-5-7-15(14-16)22-19-20(17-9-3-4-10-18(17)28)24-25-21(19)23(29)26(22)11-6-12-27/h3-5,7-10,14,22,27-28H,2,6,11-13H2,1H3,(H,24,25)/t22-/m0/s1. The number of nitrogens with one attached hydrogen (secondary N) is 1. The van der Waals surface area contributed by atoms with Gasteiger partial charge in [-0.1, -0.05) is 31.2 Å². The van der Waals surface area contributed by atoms with E-state index in [9.17, 15) is 15.0 Å². The lowest BCUT2D eigenvalue weighted by Crippen LogP contribution is -2.31. The van der Waals surface area contributed by atoms with Crippen molar-refractivity contribution in [2.75, 3.05) is 19.8 Å². The highest BCUT2D eigenvalue weighted by Crippen LogP contribution is 2.44. The maximum absolute atomic E-state index is 13.2. The van der Waals surface area contributed by atoms with Crippen LogP contribution in [-0.2, 0) is 0 Å². The number of phenolic OH excluding ortho intramolecular Hbond substituents is 1. The first kappa shape index (κ1) is 20.0. The first-order chi connectivity index (χ1) is 14.7. The zero-order valence-electron chi connectivity index (χ0n) is 16.8. The Morgan fingerprint density at radius 2 is 2.03 bits per heavy atom. The van der Waals surface area contributed by atoms with Gasteiger partial charge in [0.15, 0.2) is 0 Å². The van der Waals surface area contributed by atoms with Crippen LogP contribution in [0.15, 0.2) is 48.5 Å². The Bertz CT molecular complexity index is 1050. The summed E-state index contributed by atoms with van der Waals surface area (Å²) < 4.78 is 5.80. The number of carbonyl (C=O) groups is 1. The molecule has 2 heterocycles. The molecule has 1 aliphatic rings. The number of H-pyrrole nitrogens is 1. The van der Waals surface area contributed by atoms with Gasteiger partial charge in [-0.15, -0.1) is 0 Å². The molecule has 0 unspecified atom stereocenters. The number of nitrogens with zero attached hydrogens (tertiary/aromatic N) is 2. The normalized spacial score (nSPS) is 15.5. The molecular weight excluding hydrogens is 382 g/mol. The monoisotopic (exact) mass is 407 g/mol. The molecule has 0 fully saturated rings. The van der Waals surface area contributed by atoms with Crippen molar-refractivity contribution in [3.05, 3.63) is 65.4 Å². The van der Waals surface area contributed by atoms with E-state index in [1.165, 1.54) is 0 Å². The smallest absolute Gasteiger partial charge is 0.273 e. The Kier molecular flexibility index (Phi) is 5.72. The zero-order chi connectivity index (χ0) is 21.1. The summed E-state index contributed by atoms with van der Waals surface area (Å²) >= 11 is 0. The number of ether oxygens (including phenoxy) is 1. The van der Waals surface area contributed by atoms with Crippen LogP contribution < -0.4 is 4.74 Å². The number of hydrogen-bond acceptors (Lipinski definition) is 5. The summed E-state index contributed by atoms with van der Waals surface area (Å²) in [6.07, 6.45) is 1.37. The molecule has 7 heteroatoms. The molecule has 0 radical (unpaired) electrons. The quantitative estimate of drug-likeness (QED) is 0.531. The van der Waals surface area contributed by atoms with Crippen molar-refractivity contribution in [3.63, 3.8) is 0 Å². The minimum atomic E-state index is -0.391. The van der Waals surface area contributed by atoms with Crippen LogP contribution in [0.4, 0.5) is 0 Å². The fraction of sp³-hybridized carbons (Fsp3) is 0.304. The molecule has 0 spiro atoms. The van der Waals surface area contributed by atoms with Crippen molar-refractivity contribution >= 4 is 5.91 Å². The van der Waals surface area contributed by atoms with Crippen LogP contribution in [0.5, 0.6) is 11.5 Å². The summed E-state index contributed by atoms with van der Waals surface area (Å²) in [5, 5.41) is 27.0. The van der Waals surface area contributed by atoms with Gasteiger partial charge in [-0.2, -0.15) is 5.10 Å². The lowest BCUT2D eigenvalue weighted by molar-refractivity contribution is 0.0732. The van der Waals surface area contributed by atoms with Gasteiger partial charge in [0.05, 0.1) is 12.6 Å². The number of rotatable bonds is 8. The van der Waals surface area contributed by atoms with Gasteiger partial charge >= 0.3 is 0 Å². The second-order valence-electron chi connectivity index (χ2n) is 7.28. The summed E-state index contributed by atoms with van der Waals surface area (Å²) in [6.45, 7) is 3.06. The predicted octanol–water partition coefficient (Wildman–Crippen LogP) is 3.50. The number of aromatic amines is 1. The van der Waals surface area contributed by atoms with Crippen LogP contribution in [0, 0.1) is 0 Å². The number of para-hydroxylation sites is 1. The summed E-state index contributed by atoms with van der Waals surface area (Å²) in [5.41, 5.74) is 3.15. The third-order valence-corrected chi connectivity index (χ3v) is 5.23. The Morgan fingerprint density at radius 1 is 1.20 bits per heavy atom. The summed E-state index contributed by atoms with van der Waals surface area (Å²) in [6, 6.07) is 14.3. The highest BCUT2D eigenvalue weighted by molar-refractivity contribution is 6.00. The highest BCUT2D eigenvalue weighted by atomic mass is 16.5. The van der Waals surface area contributed by atoms with Crippen molar-refractivity contribution in [2.45, 2.75) is 25.8 Å². The van der Waals surface area contributed by atoms with Gasteiger partial charge in [0, 0.05) is 24.3 Å². The average Bonchev–Trinajstić information content (AvgIpc) is 3.30. The Morgan fingerprint density at radius 3 is 2.80 bits per heavy atom. The van der Waals surface area contributed by atoms with Crippen LogP contribution in [0.2, 0.25) is 0 Å². The fourth-order valence-electron chi connectivity index (χ4n) is 3.89. The highest BCUT2D eigenvalue weighted by Gasteiger charge is 2.42. The average molecular weight is 407 g/mol. The fourth-order valence-corrected chi connectivity index (χ4v) is 3.89. The third kappa shape index (κ3) is 3.52. The van der Waals surface area contributed by atoms with Gasteiger partial charge in [0.1, 0.15) is 22.9 Å². The molecule has 0 aliphatic carbocycles. The maximum atomic E-state index is 13.2. The van der Waals surface area contributed by atoms with Gasteiger partial charge in [0.2, 0.25) is 0 Å². The molecule has 2 aromatic carbocycles. The number of benzene rings is 2. The number of phenols is 1. The predicted molar refractivity (Wildman–Crippen MR) is 112 cm³/mol. The molecule has 4 rings (SSSR count). The molecule has 0 saturated heterocycles. The van der Waals surface area contributed by atoms with Crippen molar-refractivity contribution < 1.29 is 19.7 Å². The first-order valence-electron chi connectivity index (χ1n) is 10.2. The van der Waals surface area contributed by atoms with Gasteiger partial charge in [-0.05, 0) is 42.7 Å². The van der Waals surface area contributed by atoms with Crippen LogP contribution in [0.3, 0.4) is 0 Å². The van der Waals surface area contributed by atoms with Crippen molar-refractivity contribution in [1.82, 2.24) is 15.1 Å². The van der Waals surface area contributed by atoms with E-state index < -0.39 is 6.04 Å². The van der Waals surface area contributed by atoms with Crippen molar-refractivity contribution in [1.29, 1.82) is 0 Å². The van der Waals surface area contributed by atoms with E-state index in [2.05, 4.69) is 10.2 Å². The van der Waals surface area contributed by atoms with E-state index >= 15 is 0 Å². The van der Waals surface area contributed by atoms with Crippen LogP contribution in [-0.4, -0.2) is 51.0 Å². The number of aromatic hydroxyl groups is 1. The first-order valence-corrected chi connectivity index (χ1v) is 10.2. The van der Waals surface area contributed by atoms with Gasteiger partial charge < -0.3 is 19.8 Å². The number of fused-ring (bicyclic) bond motifs is 1. The van der Waals surface area contributed by atoms with E-state index in [-0.39, 0.29) is 18.3 Å². The Hall–Kier alpha value is -3.32. The number of hydrogen-bond donors (Lipinski definition) is 3. The number of aliphatic hydroxyl groups excluding tert-OH is 1. The molecule has 1 aromatic heterocycles. The van der Waals surface area contributed by atoms with E-state index in [4.69, 9.17) is 4.74 Å². The molecule has 3 N–H and O–H groups in total. The minimum absolute atomic E-state index is 0.00529. The van der Waals surface area contributed by atoms with Gasteiger partial charge in [-0.25, -0.2) is 0 Å². The molecule has 3 aromatic rings. The second kappa shape index (κ2) is 8.59. The Balaban J connectivity index is 1.83. The lowest BCUT2D eigenvalue weighted by atomic mass is 9.95. The number of carbonyl (C=O) groups excluding carboxylic acids is 1. The molecule has 0 saturated carbocycles. The molecule has 1 aliphatic heterocycles. The minimum Gasteiger partial charge on any atom is -0.507 e. The van der Waals surface area contributed by atoms with E-state index in [0.29, 0.717) is 36.5 Å². The van der Waals surface area contributed by atoms with Crippen LogP contribution >= 0.6 is 0 Å². The molecule has 7 nitrogen and oxygen atoms in total. The number of aromatic nitrogens is 2. The number of aliphatic hydroxyl groups is 1. The summed E-state index contributed by atoms with van der Waals surface area (Å²) in [7, 11) is 0. The molecule has 30 heavy (non-hydrogen) atoms. The SMILES string of the molecule is CCCOc1cccc([C@H]2c3c(-c4ccccc4O)n[nH]c3C(=O)N2CCCO)c1. The second-order valence-corrected chi connectivity index (χ2v) is 7.28.